The minimum atomic E-state index is -4.27. The molecule has 0 unspecified atom stereocenters. The predicted molar refractivity (Wildman–Crippen MR) is 148 cm³/mol. The quantitative estimate of drug-likeness (QED) is 0.256. The summed E-state index contributed by atoms with van der Waals surface area (Å²) in [6.07, 6.45) is 2.42. The third-order valence-electron chi connectivity index (χ3n) is 6.27. The number of ketones is 1. The first-order valence-electron chi connectivity index (χ1n) is 12.1. The molecule has 2 aromatic carbocycles. The van der Waals surface area contributed by atoms with E-state index in [0.29, 0.717) is 17.7 Å². The lowest BCUT2D eigenvalue weighted by Crippen LogP contribution is -2.17. The van der Waals surface area contributed by atoms with E-state index in [9.17, 15) is 21.6 Å². The van der Waals surface area contributed by atoms with Crippen LogP contribution in [-0.2, 0) is 26.5 Å². The molecule has 38 heavy (non-hydrogen) atoms. The average Bonchev–Trinajstić information content (AvgIpc) is 3.18. The average molecular weight is 559 g/mol. The van der Waals surface area contributed by atoms with E-state index >= 15 is 0 Å². The summed E-state index contributed by atoms with van der Waals surface area (Å²) in [5, 5.41) is 4.27. The molecule has 0 fully saturated rings. The molecule has 0 amide bonds. The Kier molecular flexibility index (Phi) is 8.38. The molecular weight excluding hydrogens is 524 g/mol. The first-order valence-corrected chi connectivity index (χ1v) is 15.4. The molecule has 0 spiro atoms. The van der Waals surface area contributed by atoms with Crippen LogP contribution in [0.4, 0.5) is 0 Å². The van der Waals surface area contributed by atoms with Crippen LogP contribution in [0.15, 0.2) is 58.0 Å². The van der Waals surface area contributed by atoms with Gasteiger partial charge < -0.3 is 4.18 Å². The summed E-state index contributed by atoms with van der Waals surface area (Å²) in [6.45, 7) is 13.3. The lowest BCUT2D eigenvalue weighted by atomic mass is 9.91. The molecule has 10 heteroatoms. The molecule has 0 aliphatic carbocycles. The van der Waals surface area contributed by atoms with Crippen LogP contribution in [-0.4, -0.2) is 38.7 Å². The Labute approximate surface area is 225 Å². The lowest BCUT2D eigenvalue weighted by Gasteiger charge is -2.17. The zero-order valence-electron chi connectivity index (χ0n) is 23.0. The smallest absolute Gasteiger partial charge is 0.340 e. The highest BCUT2D eigenvalue weighted by Gasteiger charge is 2.29. The molecule has 0 aliphatic heterocycles. The zero-order chi connectivity index (χ0) is 28.6. The number of hydrogen-bond acceptors (Lipinski definition) is 7. The molecule has 3 aromatic rings. The van der Waals surface area contributed by atoms with Gasteiger partial charge in [0.2, 0.25) is 5.88 Å². The highest BCUT2D eigenvalue weighted by Crippen LogP contribution is 2.34. The van der Waals surface area contributed by atoms with Crippen LogP contribution in [0.1, 0.15) is 67.2 Å². The van der Waals surface area contributed by atoms with Crippen molar-refractivity contribution in [2.24, 2.45) is 5.92 Å². The number of sulfone groups is 1. The second kappa shape index (κ2) is 10.9. The van der Waals surface area contributed by atoms with Gasteiger partial charge in [0.15, 0.2) is 15.6 Å². The van der Waals surface area contributed by atoms with Crippen LogP contribution in [0.3, 0.4) is 0 Å². The lowest BCUT2D eigenvalue weighted by molar-refractivity contribution is 0.103. The maximum atomic E-state index is 13.9. The summed E-state index contributed by atoms with van der Waals surface area (Å²) >= 11 is 0. The van der Waals surface area contributed by atoms with Gasteiger partial charge in [0.1, 0.15) is 10.5 Å². The molecule has 8 nitrogen and oxygen atoms in total. The molecule has 0 saturated carbocycles. The predicted octanol–water partition coefficient (Wildman–Crippen LogP) is 5.37. The number of benzene rings is 2. The molecular formula is C28H34N2O6S2. The molecule has 1 heterocycles. The van der Waals surface area contributed by atoms with Gasteiger partial charge in [0.25, 0.3) is 0 Å². The van der Waals surface area contributed by atoms with E-state index in [-0.39, 0.29) is 32.7 Å². The Morgan fingerprint density at radius 2 is 1.55 bits per heavy atom. The van der Waals surface area contributed by atoms with Gasteiger partial charge in [-0.25, -0.2) is 13.1 Å². The number of aromatic nitrogens is 2. The van der Waals surface area contributed by atoms with Crippen molar-refractivity contribution in [1.82, 2.24) is 9.78 Å². The third kappa shape index (κ3) is 6.07. The Balaban J connectivity index is 2.21. The summed E-state index contributed by atoms with van der Waals surface area (Å²) in [5.41, 5.74) is 3.67. The molecule has 0 aliphatic rings. The van der Waals surface area contributed by atoms with Gasteiger partial charge in [-0.05, 0) is 81.5 Å². The number of aryl methyl sites for hydroxylation is 1. The van der Waals surface area contributed by atoms with Crippen molar-refractivity contribution in [1.29, 1.82) is 0 Å². The van der Waals surface area contributed by atoms with Crippen molar-refractivity contribution < 1.29 is 25.8 Å². The van der Waals surface area contributed by atoms with E-state index in [1.54, 1.807) is 19.1 Å². The monoisotopic (exact) mass is 558 g/mol. The molecule has 1 aromatic heterocycles. The first-order chi connectivity index (χ1) is 17.5. The fourth-order valence-corrected chi connectivity index (χ4v) is 6.00. The minimum absolute atomic E-state index is 0.0302. The van der Waals surface area contributed by atoms with Gasteiger partial charge in [0, 0.05) is 18.4 Å². The topological polar surface area (TPSA) is 112 Å². The molecule has 204 valence electrons. The van der Waals surface area contributed by atoms with Crippen molar-refractivity contribution >= 4 is 31.3 Å². The number of rotatable bonds is 9. The van der Waals surface area contributed by atoms with E-state index in [4.69, 9.17) is 4.18 Å². The van der Waals surface area contributed by atoms with Crippen molar-refractivity contribution in [3.63, 3.8) is 0 Å². The minimum Gasteiger partial charge on any atom is -0.358 e. The van der Waals surface area contributed by atoms with Gasteiger partial charge >= 0.3 is 10.1 Å². The van der Waals surface area contributed by atoms with E-state index in [1.807, 2.05) is 41.5 Å². The van der Waals surface area contributed by atoms with Crippen LogP contribution in [0.25, 0.3) is 5.57 Å². The van der Waals surface area contributed by atoms with Gasteiger partial charge in [-0.15, -0.1) is 0 Å². The summed E-state index contributed by atoms with van der Waals surface area (Å²) in [6, 6.07) is 9.07. The standard InChI is InChI=1S/C28H34N2O6S2/c1-17(2)16-30-28(36-38(34,35)22-11-9-19(5)10-12-22)24(15-29-30)27(31)23-13-14-25(37(8,32)33)26(21(23)7)20(6)18(3)4/h9-15,17H,16H2,1-8H3. The Hall–Kier alpha value is -3.24. The molecule has 0 saturated heterocycles. The van der Waals surface area contributed by atoms with E-state index in [0.717, 1.165) is 23.0 Å². The largest absolute Gasteiger partial charge is 0.358 e. The maximum Gasteiger partial charge on any atom is 0.340 e. The van der Waals surface area contributed by atoms with Gasteiger partial charge in [-0.1, -0.05) is 37.1 Å². The van der Waals surface area contributed by atoms with Gasteiger partial charge in [0.05, 0.1) is 11.1 Å². The summed E-state index contributed by atoms with van der Waals surface area (Å²) in [5.74, 6) is -0.615. The fourth-order valence-electron chi connectivity index (χ4n) is 4.05. The number of allylic oxidation sites excluding steroid dienone is 2. The van der Waals surface area contributed by atoms with Gasteiger partial charge in [-0.2, -0.15) is 13.5 Å². The Morgan fingerprint density at radius 1 is 0.947 bits per heavy atom. The van der Waals surface area contributed by atoms with Crippen LogP contribution >= 0.6 is 0 Å². The van der Waals surface area contributed by atoms with Crippen LogP contribution in [0, 0.1) is 19.8 Å². The first kappa shape index (κ1) is 29.3. The number of hydrogen-bond donors (Lipinski definition) is 0. The van der Waals surface area contributed by atoms with Crippen LogP contribution < -0.4 is 4.18 Å². The summed E-state index contributed by atoms with van der Waals surface area (Å²) in [7, 11) is -7.85. The van der Waals surface area contributed by atoms with Crippen molar-refractivity contribution in [2.45, 2.75) is 64.8 Å². The van der Waals surface area contributed by atoms with Gasteiger partial charge in [-0.3, -0.25) is 4.79 Å². The summed E-state index contributed by atoms with van der Waals surface area (Å²) in [4.78, 5) is 13.9. The normalized spacial score (nSPS) is 12.0. The molecule has 0 atom stereocenters. The van der Waals surface area contributed by atoms with Crippen molar-refractivity contribution in [2.75, 3.05) is 6.26 Å². The SMILES string of the molecule is CC(C)=C(C)c1c(S(C)(=O)=O)ccc(C(=O)c2cnn(CC(C)C)c2OS(=O)(=O)c2ccc(C)cc2)c1C. The second-order valence-corrected chi connectivity index (χ2v) is 13.7. The molecule has 0 bridgehead atoms. The van der Waals surface area contributed by atoms with Crippen molar-refractivity contribution in [3.05, 3.63) is 76.0 Å². The number of carbonyl (C=O) groups is 1. The van der Waals surface area contributed by atoms with E-state index < -0.39 is 25.7 Å². The Bertz CT molecular complexity index is 1620. The molecule has 3 rings (SSSR count). The van der Waals surface area contributed by atoms with Crippen LogP contribution in [0.2, 0.25) is 0 Å². The van der Waals surface area contributed by atoms with E-state index in [1.165, 1.54) is 35.1 Å². The van der Waals surface area contributed by atoms with E-state index in [2.05, 4.69) is 5.10 Å². The highest BCUT2D eigenvalue weighted by molar-refractivity contribution is 7.90. The number of carbonyl (C=O) groups excluding carboxylic acids is 1. The van der Waals surface area contributed by atoms with Crippen LogP contribution in [0.5, 0.6) is 5.88 Å². The Morgan fingerprint density at radius 3 is 2.08 bits per heavy atom. The highest BCUT2D eigenvalue weighted by atomic mass is 32.2. The molecule has 0 radical (unpaired) electrons. The third-order valence-corrected chi connectivity index (χ3v) is 8.63. The second-order valence-electron chi connectivity index (χ2n) is 10.1. The fraction of sp³-hybridized carbons (Fsp3) is 0.357. The maximum absolute atomic E-state index is 13.9. The van der Waals surface area contributed by atoms with Crippen molar-refractivity contribution in [3.8, 4) is 5.88 Å². The molecule has 0 N–H and O–H groups in total. The zero-order valence-corrected chi connectivity index (χ0v) is 24.6. The number of nitrogens with zero attached hydrogens (tertiary/aromatic N) is 2. The summed E-state index contributed by atoms with van der Waals surface area (Å²) < 4.78 is 58.3.